The summed E-state index contributed by atoms with van der Waals surface area (Å²) >= 11 is 0. The minimum Gasteiger partial charge on any atom is -0.382 e. The van der Waals surface area contributed by atoms with Gasteiger partial charge in [0, 0.05) is 21.3 Å². The maximum atomic E-state index is 9.80. The number of methoxy groups -OCH3 is 3. The summed E-state index contributed by atoms with van der Waals surface area (Å²) in [6.45, 7) is 0.353. The van der Waals surface area contributed by atoms with Gasteiger partial charge in [-0.15, -0.1) is 0 Å². The van der Waals surface area contributed by atoms with Crippen LogP contribution < -0.4 is 5.32 Å². The summed E-state index contributed by atoms with van der Waals surface area (Å²) in [6, 6.07) is -0.317. The van der Waals surface area contributed by atoms with Gasteiger partial charge >= 0.3 is 0 Å². The van der Waals surface area contributed by atoms with Crippen molar-refractivity contribution in [2.45, 2.75) is 30.6 Å². The Balaban J connectivity index is 2.78. The molecule has 0 aromatic heterocycles. The van der Waals surface area contributed by atoms with Gasteiger partial charge in [0.25, 0.3) is 0 Å². The maximum absolute atomic E-state index is 9.80. The van der Waals surface area contributed by atoms with Crippen molar-refractivity contribution in [3.05, 3.63) is 0 Å². The largest absolute Gasteiger partial charge is 0.382 e. The van der Waals surface area contributed by atoms with E-state index in [1.54, 1.807) is 28.4 Å². The van der Waals surface area contributed by atoms with Gasteiger partial charge in [-0.05, 0) is 7.05 Å². The normalized spacial score (nSPS) is 39.9. The van der Waals surface area contributed by atoms with Gasteiger partial charge in [-0.2, -0.15) is 0 Å². The van der Waals surface area contributed by atoms with Gasteiger partial charge in [0.2, 0.25) is 0 Å². The molecule has 2 N–H and O–H groups in total. The molecule has 0 spiro atoms. The van der Waals surface area contributed by atoms with Crippen LogP contribution in [-0.2, 0) is 18.9 Å². The highest BCUT2D eigenvalue weighted by molar-refractivity contribution is 4.94. The average Bonchev–Trinajstić information content (AvgIpc) is 2.28. The zero-order chi connectivity index (χ0) is 12.1. The minimum atomic E-state index is -0.929. The van der Waals surface area contributed by atoms with E-state index in [4.69, 9.17) is 18.9 Å². The van der Waals surface area contributed by atoms with Crippen LogP contribution >= 0.6 is 0 Å². The first-order chi connectivity index (χ1) is 7.69. The van der Waals surface area contributed by atoms with Crippen molar-refractivity contribution in [1.29, 1.82) is 0 Å². The fourth-order valence-corrected chi connectivity index (χ4v) is 2.09. The van der Waals surface area contributed by atoms with Gasteiger partial charge in [-0.25, -0.2) is 0 Å². The maximum Gasteiger partial charge on any atom is 0.173 e. The number of nitrogens with one attached hydrogen (secondary N) is 1. The molecule has 5 unspecified atom stereocenters. The Kier molecular flexibility index (Phi) is 5.60. The van der Waals surface area contributed by atoms with Crippen LogP contribution in [0.4, 0.5) is 0 Å². The summed E-state index contributed by atoms with van der Waals surface area (Å²) in [7, 11) is 6.50. The Labute approximate surface area is 95.8 Å². The lowest BCUT2D eigenvalue weighted by Crippen LogP contribution is -2.63. The van der Waals surface area contributed by atoms with Crippen molar-refractivity contribution in [2.24, 2.45) is 0 Å². The number of ether oxygens (including phenoxy) is 4. The molecule has 0 amide bonds. The summed E-state index contributed by atoms with van der Waals surface area (Å²) in [5.74, 6) is 0. The van der Waals surface area contributed by atoms with Crippen LogP contribution in [-0.4, -0.2) is 70.7 Å². The van der Waals surface area contributed by atoms with Crippen molar-refractivity contribution in [1.82, 2.24) is 5.32 Å². The molecule has 0 radical (unpaired) electrons. The lowest BCUT2D eigenvalue weighted by Gasteiger charge is -2.43. The van der Waals surface area contributed by atoms with E-state index in [9.17, 15) is 5.11 Å². The minimum absolute atomic E-state index is 0.272. The summed E-state index contributed by atoms with van der Waals surface area (Å²) < 4.78 is 21.2. The monoisotopic (exact) mass is 235 g/mol. The van der Waals surface area contributed by atoms with Crippen LogP contribution in [0.25, 0.3) is 0 Å². The molecule has 1 aliphatic heterocycles. The Hall–Kier alpha value is -0.240. The van der Waals surface area contributed by atoms with E-state index in [2.05, 4.69) is 5.32 Å². The van der Waals surface area contributed by atoms with E-state index < -0.39 is 6.29 Å². The first kappa shape index (κ1) is 13.8. The lowest BCUT2D eigenvalue weighted by atomic mass is 9.97. The molecule has 0 saturated carbocycles. The molecule has 1 rings (SSSR count). The SMILES string of the molecule is CNC1C(O)OC(COC)C(OC)C1OC. The number of hydrogen-bond donors (Lipinski definition) is 2. The van der Waals surface area contributed by atoms with E-state index >= 15 is 0 Å². The number of hydrogen-bond acceptors (Lipinski definition) is 6. The van der Waals surface area contributed by atoms with Crippen molar-refractivity contribution in [3.63, 3.8) is 0 Å². The predicted molar refractivity (Wildman–Crippen MR) is 57.2 cm³/mol. The van der Waals surface area contributed by atoms with Crippen LogP contribution in [0.1, 0.15) is 0 Å². The van der Waals surface area contributed by atoms with Crippen LogP contribution in [0.2, 0.25) is 0 Å². The number of rotatable bonds is 5. The van der Waals surface area contributed by atoms with Gasteiger partial charge in [0.1, 0.15) is 18.3 Å². The van der Waals surface area contributed by atoms with Crippen molar-refractivity contribution in [2.75, 3.05) is 35.0 Å². The van der Waals surface area contributed by atoms with Crippen LogP contribution in [0, 0.1) is 0 Å². The first-order valence-corrected chi connectivity index (χ1v) is 5.24. The molecular formula is C10H21NO5. The molecule has 0 aromatic rings. The van der Waals surface area contributed by atoms with Gasteiger partial charge in [0.05, 0.1) is 12.6 Å². The Morgan fingerprint density at radius 1 is 1.19 bits per heavy atom. The lowest BCUT2D eigenvalue weighted by molar-refractivity contribution is -0.264. The van der Waals surface area contributed by atoms with E-state index in [0.29, 0.717) is 6.61 Å². The van der Waals surface area contributed by atoms with Gasteiger partial charge in [-0.1, -0.05) is 0 Å². The number of aliphatic hydroxyl groups excluding tert-OH is 1. The molecule has 1 saturated heterocycles. The van der Waals surface area contributed by atoms with Crippen LogP contribution in [0.5, 0.6) is 0 Å². The molecule has 0 aromatic carbocycles. The zero-order valence-electron chi connectivity index (χ0n) is 10.2. The summed E-state index contributed by atoms with van der Waals surface area (Å²) in [5, 5.41) is 12.8. The second-order valence-electron chi connectivity index (χ2n) is 3.74. The zero-order valence-corrected chi connectivity index (χ0v) is 10.2. The summed E-state index contributed by atoms with van der Waals surface area (Å²) in [6.07, 6.45) is -1.81. The fourth-order valence-electron chi connectivity index (χ4n) is 2.09. The van der Waals surface area contributed by atoms with Gasteiger partial charge < -0.3 is 29.4 Å². The fraction of sp³-hybridized carbons (Fsp3) is 1.00. The summed E-state index contributed by atoms with van der Waals surface area (Å²) in [5.41, 5.74) is 0. The van der Waals surface area contributed by atoms with Crippen LogP contribution in [0.3, 0.4) is 0 Å². The Morgan fingerprint density at radius 2 is 1.81 bits per heavy atom. The number of likely N-dealkylation sites (N-methyl/N-ethyl adjacent to an activating group) is 1. The van der Waals surface area contributed by atoms with Gasteiger partial charge in [0.15, 0.2) is 6.29 Å². The van der Waals surface area contributed by atoms with Crippen LogP contribution in [0.15, 0.2) is 0 Å². The van der Waals surface area contributed by atoms with E-state index in [0.717, 1.165) is 0 Å². The highest BCUT2D eigenvalue weighted by atomic mass is 16.6. The molecule has 1 heterocycles. The molecule has 5 atom stereocenters. The van der Waals surface area contributed by atoms with Crippen molar-refractivity contribution < 1.29 is 24.1 Å². The third-order valence-electron chi connectivity index (χ3n) is 2.87. The van der Waals surface area contributed by atoms with E-state index in [1.165, 1.54) is 0 Å². The van der Waals surface area contributed by atoms with E-state index in [-0.39, 0.29) is 24.4 Å². The molecule has 96 valence electrons. The third-order valence-corrected chi connectivity index (χ3v) is 2.87. The standard InChI is InChI=1S/C10H21NO5/c1-11-7-9(15-4)8(14-3)6(5-13-2)16-10(7)12/h6-12H,5H2,1-4H3. The van der Waals surface area contributed by atoms with E-state index in [1.807, 2.05) is 0 Å². The molecule has 0 bridgehead atoms. The Bertz CT molecular complexity index is 204. The highest BCUT2D eigenvalue weighted by Crippen LogP contribution is 2.24. The second kappa shape index (κ2) is 6.48. The molecular weight excluding hydrogens is 214 g/mol. The highest BCUT2D eigenvalue weighted by Gasteiger charge is 2.45. The topological polar surface area (TPSA) is 69.2 Å². The molecule has 6 heteroatoms. The second-order valence-corrected chi connectivity index (χ2v) is 3.74. The molecule has 16 heavy (non-hydrogen) atoms. The molecule has 6 nitrogen and oxygen atoms in total. The Morgan fingerprint density at radius 3 is 2.25 bits per heavy atom. The predicted octanol–water partition coefficient (Wildman–Crippen LogP) is -1.03. The number of aliphatic hydroxyl groups is 1. The average molecular weight is 235 g/mol. The third kappa shape index (κ3) is 2.71. The molecule has 0 aliphatic carbocycles. The molecule has 1 aliphatic rings. The summed E-state index contributed by atoms with van der Waals surface area (Å²) in [4.78, 5) is 0. The smallest absolute Gasteiger partial charge is 0.173 e. The van der Waals surface area contributed by atoms with Gasteiger partial charge in [-0.3, -0.25) is 0 Å². The van der Waals surface area contributed by atoms with Crippen molar-refractivity contribution >= 4 is 0 Å². The van der Waals surface area contributed by atoms with Crippen molar-refractivity contribution in [3.8, 4) is 0 Å². The first-order valence-electron chi connectivity index (χ1n) is 5.24. The quantitative estimate of drug-likeness (QED) is 0.635. The molecule has 1 fully saturated rings.